The maximum atomic E-state index is 2.26. The molecule has 1 heteroatoms. The molecule has 0 aliphatic rings. The molecule has 1 heterocycles. The summed E-state index contributed by atoms with van der Waals surface area (Å²) in [5, 5.41) is 0. The number of hydrogen-bond acceptors (Lipinski definition) is 0. The Kier molecular flexibility index (Phi) is 1.14. The summed E-state index contributed by atoms with van der Waals surface area (Å²) in [5.41, 5.74) is 0. The van der Waals surface area contributed by atoms with E-state index in [4.69, 9.17) is 0 Å². The first-order valence-corrected chi connectivity index (χ1v) is 4.16. The summed E-state index contributed by atoms with van der Waals surface area (Å²) in [5.74, 6) is 0. The van der Waals surface area contributed by atoms with E-state index in [0.717, 1.165) is 0 Å². The van der Waals surface area contributed by atoms with Crippen LogP contribution in [0.2, 0.25) is 0 Å². The minimum atomic E-state index is 0.243. The van der Waals surface area contributed by atoms with E-state index in [0.29, 0.717) is 0 Å². The van der Waals surface area contributed by atoms with Crippen LogP contribution < -0.4 is 0 Å². The Bertz CT molecular complexity index is 60.1. The van der Waals surface area contributed by atoms with Gasteiger partial charge in [0.15, 0.2) is 0 Å². The molecule has 1 aromatic heterocycles. The normalized spacial score (nSPS) is 8.00. The van der Waals surface area contributed by atoms with E-state index in [1.165, 1.54) is 0 Å². The van der Waals surface area contributed by atoms with Crippen LogP contribution in [0.1, 0.15) is 0 Å². The van der Waals surface area contributed by atoms with Gasteiger partial charge in [0.2, 0.25) is 0 Å². The summed E-state index contributed by atoms with van der Waals surface area (Å²) >= 11 is 0.243. The first-order valence-electron chi connectivity index (χ1n) is 1.47. The van der Waals surface area contributed by atoms with Crippen LogP contribution in [0, 0.1) is 0 Å². The van der Waals surface area contributed by atoms with E-state index in [-0.39, 0.29) is 20.4 Å². The van der Waals surface area contributed by atoms with Gasteiger partial charge in [0, 0.05) is 0 Å². The molecule has 26 valence electrons. The summed E-state index contributed by atoms with van der Waals surface area (Å²) in [7, 11) is 0. The van der Waals surface area contributed by atoms with Crippen LogP contribution in [0.4, 0.5) is 0 Å². The molecule has 0 saturated carbocycles. The van der Waals surface area contributed by atoms with Crippen molar-refractivity contribution in [2.45, 2.75) is 0 Å². The molecule has 5 heavy (non-hydrogen) atoms. The summed E-state index contributed by atoms with van der Waals surface area (Å²) in [6.45, 7) is 0. The molecular formula is C4H4Te. The van der Waals surface area contributed by atoms with Crippen LogP contribution in [-0.2, 0) is 0 Å². The molecule has 0 nitrogen and oxygen atoms in total. The quantitative estimate of drug-likeness (QED) is 0.516. The van der Waals surface area contributed by atoms with E-state index in [9.17, 15) is 0 Å². The van der Waals surface area contributed by atoms with Crippen LogP contribution in [0.3, 0.4) is 0 Å². The van der Waals surface area contributed by atoms with E-state index in [1.54, 1.807) is 0 Å². The molecule has 1 aromatic rings. The average Bonchev–Trinajstić information content (AvgIpc) is 1.76. The molecule has 0 N–H and O–H groups in total. The summed E-state index contributed by atoms with van der Waals surface area (Å²) < 4.78 is 4.51. The first-order chi connectivity index (χ1) is 2.50. The van der Waals surface area contributed by atoms with Gasteiger partial charge >= 0.3 is 40.7 Å². The third-order valence-electron chi connectivity index (χ3n) is 0.425. The van der Waals surface area contributed by atoms with Gasteiger partial charge in [-0.2, -0.15) is 0 Å². The SMILES string of the molecule is c1cc[te]c1. The Balaban J connectivity index is 3.13. The van der Waals surface area contributed by atoms with E-state index >= 15 is 0 Å². The summed E-state index contributed by atoms with van der Waals surface area (Å²) in [4.78, 5) is 0. The monoisotopic (exact) mass is 182 g/mol. The Labute approximate surface area is 41.1 Å². The van der Waals surface area contributed by atoms with Gasteiger partial charge in [0.1, 0.15) is 0 Å². The van der Waals surface area contributed by atoms with Crippen molar-refractivity contribution in [1.82, 2.24) is 0 Å². The van der Waals surface area contributed by atoms with Gasteiger partial charge in [-0.15, -0.1) is 0 Å². The zero-order chi connectivity index (χ0) is 3.54. The van der Waals surface area contributed by atoms with Gasteiger partial charge in [-0.25, -0.2) is 0 Å². The fourth-order valence-electron chi connectivity index (χ4n) is 0.227. The number of rotatable bonds is 0. The van der Waals surface area contributed by atoms with E-state index in [1.807, 2.05) is 0 Å². The third kappa shape index (κ3) is 0.792. The van der Waals surface area contributed by atoms with Gasteiger partial charge in [-0.1, -0.05) is 0 Å². The first kappa shape index (κ1) is 3.46. The van der Waals surface area contributed by atoms with Crippen molar-refractivity contribution in [2.24, 2.45) is 0 Å². The fourth-order valence-corrected chi connectivity index (χ4v) is 1.52. The second kappa shape index (κ2) is 1.64. The van der Waals surface area contributed by atoms with Gasteiger partial charge in [0.25, 0.3) is 0 Å². The molecule has 0 unspecified atom stereocenters. The second-order valence-electron chi connectivity index (χ2n) is 0.793. The van der Waals surface area contributed by atoms with Crippen molar-refractivity contribution in [1.29, 1.82) is 0 Å². The van der Waals surface area contributed by atoms with Gasteiger partial charge in [-0.3, -0.25) is 0 Å². The third-order valence-corrected chi connectivity index (χ3v) is 2.22. The van der Waals surface area contributed by atoms with Gasteiger partial charge in [-0.05, 0) is 0 Å². The van der Waals surface area contributed by atoms with Gasteiger partial charge in [0.05, 0.1) is 0 Å². The predicted molar refractivity (Wildman–Crippen MR) is 23.4 cm³/mol. The van der Waals surface area contributed by atoms with Crippen LogP contribution in [0.5, 0.6) is 0 Å². The van der Waals surface area contributed by atoms with Crippen LogP contribution in [0.15, 0.2) is 20.3 Å². The van der Waals surface area contributed by atoms with Crippen LogP contribution >= 0.6 is 0 Å². The predicted octanol–water partition coefficient (Wildman–Crippen LogP) is 0.744. The molecule has 0 atom stereocenters. The molecule has 0 saturated heterocycles. The molecule has 1 rings (SSSR count). The second-order valence-corrected chi connectivity index (χ2v) is 3.12. The van der Waals surface area contributed by atoms with E-state index in [2.05, 4.69) is 20.3 Å². The van der Waals surface area contributed by atoms with Crippen LogP contribution in [0.25, 0.3) is 0 Å². The zero-order valence-electron chi connectivity index (χ0n) is 2.72. The summed E-state index contributed by atoms with van der Waals surface area (Å²) in [6.07, 6.45) is 0. The van der Waals surface area contributed by atoms with Crippen molar-refractivity contribution < 1.29 is 0 Å². The molecule has 0 fully saturated rings. The van der Waals surface area contributed by atoms with Crippen molar-refractivity contribution in [3.8, 4) is 0 Å². The molecule has 0 bridgehead atoms. The van der Waals surface area contributed by atoms with Crippen molar-refractivity contribution in [3.63, 3.8) is 0 Å². The topological polar surface area (TPSA) is 0 Å². The number of hydrogen-bond donors (Lipinski definition) is 0. The standard InChI is InChI=1S/C4H4Te/c1-2-4-5-3-1/h1-4H. The van der Waals surface area contributed by atoms with Gasteiger partial charge < -0.3 is 0 Å². The molecule has 0 spiro atoms. The minimum absolute atomic E-state index is 0.243. The van der Waals surface area contributed by atoms with Crippen molar-refractivity contribution in [3.05, 3.63) is 20.3 Å². The maximum absolute atomic E-state index is 2.26. The summed E-state index contributed by atoms with van der Waals surface area (Å²) in [6, 6.07) is 4.23. The Hall–Kier alpha value is 0.270. The molecule has 0 amide bonds. The zero-order valence-corrected chi connectivity index (χ0v) is 5.05. The molecule has 0 aliphatic heterocycles. The molecule has 0 radical (unpaired) electrons. The average molecular weight is 180 g/mol. The fraction of sp³-hybridized carbons (Fsp3) is 0. The molecule has 0 aromatic carbocycles. The molecular weight excluding hydrogens is 176 g/mol. The Morgan fingerprint density at radius 3 is 1.80 bits per heavy atom. The van der Waals surface area contributed by atoms with Crippen molar-refractivity contribution in [2.75, 3.05) is 0 Å². The Morgan fingerprint density at radius 2 is 1.60 bits per heavy atom. The van der Waals surface area contributed by atoms with Crippen LogP contribution in [-0.4, -0.2) is 20.4 Å². The molecule has 0 aliphatic carbocycles. The van der Waals surface area contributed by atoms with Crippen molar-refractivity contribution >= 4 is 20.4 Å². The Morgan fingerprint density at radius 1 is 1.00 bits per heavy atom. The van der Waals surface area contributed by atoms with E-state index < -0.39 is 0 Å².